The van der Waals surface area contributed by atoms with Gasteiger partial charge in [0.05, 0.1) is 5.69 Å². The third-order valence-electron chi connectivity index (χ3n) is 3.20. The van der Waals surface area contributed by atoms with E-state index >= 15 is 0 Å². The number of nitrogens with two attached hydrogens (primary N) is 1. The zero-order valence-electron chi connectivity index (χ0n) is 10.3. The molecule has 2 aromatic heterocycles. The first-order valence-corrected chi connectivity index (χ1v) is 6.00. The van der Waals surface area contributed by atoms with Crippen LogP contribution in [0.2, 0.25) is 0 Å². The second-order valence-corrected chi connectivity index (χ2v) is 4.53. The fraction of sp³-hybridized carbons (Fsp3) is 0.308. The normalized spacial score (nSPS) is 14.4. The zero-order chi connectivity index (χ0) is 12.5. The third kappa shape index (κ3) is 1.99. The van der Waals surface area contributed by atoms with E-state index in [0.29, 0.717) is 5.95 Å². The van der Waals surface area contributed by atoms with Gasteiger partial charge >= 0.3 is 0 Å². The lowest BCUT2D eigenvalue weighted by Gasteiger charge is -2.29. The van der Waals surface area contributed by atoms with Gasteiger partial charge in [-0.05, 0) is 19.1 Å². The van der Waals surface area contributed by atoms with E-state index in [2.05, 4.69) is 25.9 Å². The van der Waals surface area contributed by atoms with Gasteiger partial charge in [-0.25, -0.2) is 9.97 Å². The van der Waals surface area contributed by atoms with Crippen molar-refractivity contribution in [2.45, 2.75) is 19.9 Å². The molecule has 0 aromatic carbocycles. The van der Waals surface area contributed by atoms with Crippen LogP contribution >= 0.6 is 0 Å². The smallest absolute Gasteiger partial charge is 0.220 e. The summed E-state index contributed by atoms with van der Waals surface area (Å²) in [5.74, 6) is 0.363. The highest BCUT2D eigenvalue weighted by atomic mass is 15.1. The van der Waals surface area contributed by atoms with Crippen molar-refractivity contribution < 1.29 is 0 Å². The predicted octanol–water partition coefficient (Wildman–Crippen LogP) is 1.32. The molecule has 3 heterocycles. The van der Waals surface area contributed by atoms with Crippen LogP contribution in [0, 0.1) is 6.92 Å². The lowest BCUT2D eigenvalue weighted by atomic mass is 10.1. The number of aryl methyl sites for hydroxylation is 1. The van der Waals surface area contributed by atoms with Crippen molar-refractivity contribution in [3.63, 3.8) is 0 Å². The zero-order valence-corrected chi connectivity index (χ0v) is 10.3. The Labute approximate surface area is 106 Å². The number of aromatic nitrogens is 3. The van der Waals surface area contributed by atoms with Gasteiger partial charge in [-0.2, -0.15) is 0 Å². The molecule has 0 fully saturated rings. The maximum Gasteiger partial charge on any atom is 0.220 e. The van der Waals surface area contributed by atoms with Gasteiger partial charge in [0.2, 0.25) is 5.95 Å². The summed E-state index contributed by atoms with van der Waals surface area (Å²) in [6.07, 6.45) is 4.58. The number of anilines is 2. The minimum atomic E-state index is 0.363. The second-order valence-electron chi connectivity index (χ2n) is 4.53. The molecule has 0 unspecified atom stereocenters. The maximum absolute atomic E-state index is 5.60. The van der Waals surface area contributed by atoms with E-state index < -0.39 is 0 Å². The summed E-state index contributed by atoms with van der Waals surface area (Å²) in [5.41, 5.74) is 10.1. The van der Waals surface area contributed by atoms with Gasteiger partial charge in [0.15, 0.2) is 0 Å². The van der Waals surface area contributed by atoms with E-state index in [-0.39, 0.29) is 0 Å². The molecule has 0 amide bonds. The lowest BCUT2D eigenvalue weighted by Crippen LogP contribution is -2.31. The highest BCUT2D eigenvalue weighted by molar-refractivity contribution is 5.49. The Bertz CT molecular complexity index is 581. The summed E-state index contributed by atoms with van der Waals surface area (Å²) in [5, 5.41) is 0. The quantitative estimate of drug-likeness (QED) is 0.815. The average molecular weight is 241 g/mol. The predicted molar refractivity (Wildman–Crippen MR) is 70.2 cm³/mol. The first-order chi connectivity index (χ1) is 8.72. The molecule has 3 rings (SSSR count). The molecule has 0 atom stereocenters. The molecule has 18 heavy (non-hydrogen) atoms. The summed E-state index contributed by atoms with van der Waals surface area (Å²) in [6, 6.07) is 4.14. The van der Waals surface area contributed by atoms with Crippen LogP contribution in [0.25, 0.3) is 0 Å². The number of hydrogen-bond acceptors (Lipinski definition) is 5. The Hall–Kier alpha value is -2.17. The van der Waals surface area contributed by atoms with Crippen LogP contribution in [0.5, 0.6) is 0 Å². The largest absolute Gasteiger partial charge is 0.368 e. The van der Waals surface area contributed by atoms with Gasteiger partial charge in [-0.15, -0.1) is 0 Å². The summed E-state index contributed by atoms with van der Waals surface area (Å²) in [7, 11) is 0. The summed E-state index contributed by atoms with van der Waals surface area (Å²) >= 11 is 0. The van der Waals surface area contributed by atoms with Gasteiger partial charge in [-0.3, -0.25) is 4.98 Å². The van der Waals surface area contributed by atoms with Crippen molar-refractivity contribution in [2.24, 2.45) is 0 Å². The Morgan fingerprint density at radius 3 is 3.06 bits per heavy atom. The van der Waals surface area contributed by atoms with Crippen molar-refractivity contribution in [3.8, 4) is 0 Å². The Balaban J connectivity index is 1.89. The van der Waals surface area contributed by atoms with Crippen molar-refractivity contribution in [2.75, 3.05) is 17.2 Å². The Kier molecular flexibility index (Phi) is 2.59. The van der Waals surface area contributed by atoms with Crippen LogP contribution < -0.4 is 10.6 Å². The molecule has 0 bridgehead atoms. The summed E-state index contributed by atoms with van der Waals surface area (Å²) in [6.45, 7) is 3.79. The summed E-state index contributed by atoms with van der Waals surface area (Å²) in [4.78, 5) is 14.9. The van der Waals surface area contributed by atoms with Gasteiger partial charge in [0.1, 0.15) is 0 Å². The topological polar surface area (TPSA) is 67.9 Å². The van der Waals surface area contributed by atoms with Crippen molar-refractivity contribution in [1.29, 1.82) is 0 Å². The van der Waals surface area contributed by atoms with Gasteiger partial charge in [0.25, 0.3) is 0 Å². The average Bonchev–Trinajstić information content (AvgIpc) is 2.38. The van der Waals surface area contributed by atoms with E-state index in [9.17, 15) is 0 Å². The molecule has 2 aromatic rings. The molecule has 0 aliphatic carbocycles. The maximum atomic E-state index is 5.60. The number of nitrogens with zero attached hydrogens (tertiary/aromatic N) is 4. The molecule has 2 N–H and O–H groups in total. The number of fused-ring (bicyclic) bond motifs is 1. The van der Waals surface area contributed by atoms with Gasteiger partial charge in [0, 0.05) is 48.8 Å². The van der Waals surface area contributed by atoms with Crippen LogP contribution in [-0.2, 0) is 13.0 Å². The van der Waals surface area contributed by atoms with E-state index in [4.69, 9.17) is 5.73 Å². The highest BCUT2D eigenvalue weighted by Crippen LogP contribution is 2.23. The van der Waals surface area contributed by atoms with Crippen LogP contribution in [-0.4, -0.2) is 21.5 Å². The number of hydrogen-bond donors (Lipinski definition) is 1. The first kappa shape index (κ1) is 11.0. The van der Waals surface area contributed by atoms with Crippen LogP contribution in [0.4, 0.5) is 11.6 Å². The van der Waals surface area contributed by atoms with Crippen LogP contribution in [0.1, 0.15) is 17.0 Å². The molecule has 92 valence electrons. The second kappa shape index (κ2) is 4.25. The SMILES string of the molecule is Cc1cc(N2CCc3nc(N)ncc3C2)ccn1. The molecule has 5 nitrogen and oxygen atoms in total. The fourth-order valence-corrected chi connectivity index (χ4v) is 2.28. The third-order valence-corrected chi connectivity index (χ3v) is 3.20. The highest BCUT2D eigenvalue weighted by Gasteiger charge is 2.18. The molecule has 1 aliphatic heterocycles. The fourth-order valence-electron chi connectivity index (χ4n) is 2.28. The lowest BCUT2D eigenvalue weighted by molar-refractivity contribution is 0.706. The standard InChI is InChI=1S/C13H15N5/c1-9-6-11(2-4-15-9)18-5-3-12-10(8-18)7-16-13(14)17-12/h2,4,6-7H,3,5,8H2,1H3,(H2,14,16,17). The number of nitrogen functional groups attached to an aromatic ring is 1. The van der Waals surface area contributed by atoms with Crippen LogP contribution in [0.3, 0.4) is 0 Å². The van der Waals surface area contributed by atoms with Crippen LogP contribution in [0.15, 0.2) is 24.5 Å². The molecular weight excluding hydrogens is 226 g/mol. The van der Waals surface area contributed by atoms with E-state index in [1.54, 1.807) is 0 Å². The first-order valence-electron chi connectivity index (χ1n) is 6.00. The minimum absolute atomic E-state index is 0.363. The van der Waals surface area contributed by atoms with E-state index in [1.807, 2.05) is 25.4 Å². The molecule has 5 heteroatoms. The molecule has 1 aliphatic rings. The van der Waals surface area contributed by atoms with Crippen molar-refractivity contribution >= 4 is 11.6 Å². The Morgan fingerprint density at radius 1 is 1.33 bits per heavy atom. The van der Waals surface area contributed by atoms with Crippen molar-refractivity contribution in [1.82, 2.24) is 15.0 Å². The Morgan fingerprint density at radius 2 is 2.22 bits per heavy atom. The van der Waals surface area contributed by atoms with Gasteiger partial charge < -0.3 is 10.6 Å². The minimum Gasteiger partial charge on any atom is -0.368 e. The molecule has 0 radical (unpaired) electrons. The molecule has 0 saturated carbocycles. The molecule has 0 saturated heterocycles. The molecular formula is C13H15N5. The van der Waals surface area contributed by atoms with Gasteiger partial charge in [-0.1, -0.05) is 0 Å². The number of rotatable bonds is 1. The summed E-state index contributed by atoms with van der Waals surface area (Å²) < 4.78 is 0. The monoisotopic (exact) mass is 241 g/mol. The van der Waals surface area contributed by atoms with E-state index in [0.717, 1.165) is 36.5 Å². The van der Waals surface area contributed by atoms with Crippen molar-refractivity contribution in [3.05, 3.63) is 41.5 Å². The van der Waals surface area contributed by atoms with E-state index in [1.165, 1.54) is 5.69 Å². The molecule has 0 spiro atoms. The number of pyridine rings is 1.